The lowest BCUT2D eigenvalue weighted by Gasteiger charge is -2.25. The summed E-state index contributed by atoms with van der Waals surface area (Å²) in [5, 5.41) is 0. The molecule has 0 saturated heterocycles. The zero-order chi connectivity index (χ0) is 29.1. The molecule has 40 heavy (non-hydrogen) atoms. The van der Waals surface area contributed by atoms with E-state index in [0.29, 0.717) is 12.2 Å². The summed E-state index contributed by atoms with van der Waals surface area (Å²) in [6.45, 7) is 19.7. The molecule has 0 spiro atoms. The number of anilines is 1. The number of carbonyl (C=O) groups excluding carboxylic acids is 1. The summed E-state index contributed by atoms with van der Waals surface area (Å²) in [4.78, 5) is 14.5. The molecule has 3 nitrogen and oxygen atoms in total. The third kappa shape index (κ3) is 5.80. The highest BCUT2D eigenvalue weighted by molar-refractivity contribution is 6.03. The van der Waals surface area contributed by atoms with Crippen LogP contribution in [-0.4, -0.2) is 29.2 Å². The van der Waals surface area contributed by atoms with Crippen LogP contribution in [0.4, 0.5) is 11.4 Å². The number of fused-ring (bicyclic) bond motifs is 2. The highest BCUT2D eigenvalue weighted by Gasteiger charge is 2.43. The third-order valence-electron chi connectivity index (χ3n) is 8.84. The highest BCUT2D eigenvalue weighted by atomic mass is 16.1. The van der Waals surface area contributed by atoms with Crippen LogP contribution in [0.2, 0.25) is 0 Å². The molecule has 0 amide bonds. The number of hydrogen-bond donors (Lipinski definition) is 0. The van der Waals surface area contributed by atoms with Crippen LogP contribution >= 0.6 is 0 Å². The number of allylic oxidation sites excluding steroid dienone is 6. The van der Waals surface area contributed by atoms with Crippen molar-refractivity contribution in [3.8, 4) is 0 Å². The normalized spacial score (nSPS) is 18.5. The van der Waals surface area contributed by atoms with Crippen LogP contribution in [-0.2, 0) is 15.6 Å². The van der Waals surface area contributed by atoms with Gasteiger partial charge in [-0.2, -0.15) is 4.58 Å². The molecule has 2 aromatic carbocycles. The van der Waals surface area contributed by atoms with E-state index in [-0.39, 0.29) is 16.7 Å². The van der Waals surface area contributed by atoms with E-state index < -0.39 is 0 Å². The fourth-order valence-corrected chi connectivity index (χ4v) is 6.40. The van der Waals surface area contributed by atoms with Gasteiger partial charge in [-0.15, -0.1) is 0 Å². The predicted octanol–water partition coefficient (Wildman–Crippen LogP) is 8.97. The molecule has 0 atom stereocenters. The van der Waals surface area contributed by atoms with Gasteiger partial charge < -0.3 is 4.90 Å². The Kier molecular flexibility index (Phi) is 9.02. The Morgan fingerprint density at radius 2 is 1.68 bits per heavy atom. The Balaban J connectivity index is 1.53. The number of carbonyl (C=O) groups is 1. The molecule has 3 heteroatoms. The zero-order valence-electron chi connectivity index (χ0n) is 26.1. The predicted molar refractivity (Wildman–Crippen MR) is 171 cm³/mol. The number of aryl methyl sites for hydroxylation is 1. The summed E-state index contributed by atoms with van der Waals surface area (Å²) in [7, 11) is 0. The van der Waals surface area contributed by atoms with Crippen LogP contribution in [0.3, 0.4) is 0 Å². The van der Waals surface area contributed by atoms with E-state index in [4.69, 9.17) is 0 Å². The summed E-state index contributed by atoms with van der Waals surface area (Å²) in [6.07, 6.45) is 15.0. The Morgan fingerprint density at radius 1 is 0.925 bits per heavy atom. The van der Waals surface area contributed by atoms with Gasteiger partial charge in [-0.05, 0) is 58.2 Å². The first-order valence-corrected chi connectivity index (χ1v) is 15.2. The van der Waals surface area contributed by atoms with Gasteiger partial charge >= 0.3 is 0 Å². The van der Waals surface area contributed by atoms with Crippen molar-refractivity contribution in [1.82, 2.24) is 0 Å². The molecule has 0 aromatic heterocycles. The van der Waals surface area contributed by atoms with Crippen molar-refractivity contribution in [2.24, 2.45) is 5.92 Å². The molecule has 0 aliphatic carbocycles. The molecule has 0 saturated carbocycles. The van der Waals surface area contributed by atoms with Crippen molar-refractivity contribution in [1.29, 1.82) is 0 Å². The quantitative estimate of drug-likeness (QED) is 0.162. The minimum Gasteiger partial charge on any atom is -0.344 e. The number of Topliss-reactive ketones (excluding diaryl/α,β-unsaturated/α-hetero) is 1. The highest BCUT2D eigenvalue weighted by Crippen LogP contribution is 2.47. The van der Waals surface area contributed by atoms with Crippen LogP contribution < -0.4 is 4.90 Å². The second kappa shape index (κ2) is 12.1. The van der Waals surface area contributed by atoms with Crippen LogP contribution in [0.1, 0.15) is 90.8 Å². The topological polar surface area (TPSA) is 23.3 Å². The Morgan fingerprint density at radius 3 is 2.40 bits per heavy atom. The standard InChI is InChI=1S/C37H49N2O/c1-9-38-32-24-23-28(4)26-30(32)37(7,8)34(38)21-13-10-14-22-35-36(5,6)29-18-15-16-19-31(29)39(35)25-17-11-12-20-33(40)27(2)3/h10,13-16,18-19,21-24,26-27H,9,11-12,17,20,25H2,1-8H3/q+1. The lowest BCUT2D eigenvalue weighted by Crippen LogP contribution is -2.27. The molecule has 0 unspecified atom stereocenters. The summed E-state index contributed by atoms with van der Waals surface area (Å²) in [6, 6.07) is 15.6. The lowest BCUT2D eigenvalue weighted by atomic mass is 9.81. The van der Waals surface area contributed by atoms with Gasteiger partial charge in [0, 0.05) is 59.8 Å². The van der Waals surface area contributed by atoms with Gasteiger partial charge in [-0.1, -0.05) is 81.8 Å². The van der Waals surface area contributed by atoms with Gasteiger partial charge in [0.15, 0.2) is 5.71 Å². The molecule has 2 aliphatic heterocycles. The van der Waals surface area contributed by atoms with Gasteiger partial charge in [0.1, 0.15) is 12.3 Å². The van der Waals surface area contributed by atoms with E-state index in [1.807, 2.05) is 13.8 Å². The molecule has 0 N–H and O–H groups in total. The maximum absolute atomic E-state index is 12.0. The molecule has 0 radical (unpaired) electrons. The van der Waals surface area contributed by atoms with Crippen molar-refractivity contribution in [2.45, 2.75) is 91.9 Å². The van der Waals surface area contributed by atoms with Crippen molar-refractivity contribution in [3.05, 3.63) is 95.2 Å². The summed E-state index contributed by atoms with van der Waals surface area (Å²) in [5.74, 6) is 0.524. The third-order valence-corrected chi connectivity index (χ3v) is 8.84. The summed E-state index contributed by atoms with van der Waals surface area (Å²) < 4.78 is 2.50. The number of hydrogen-bond acceptors (Lipinski definition) is 2. The number of para-hydroxylation sites is 1. The number of unbranched alkanes of at least 4 members (excludes halogenated alkanes) is 2. The number of ketones is 1. The second-order valence-electron chi connectivity index (χ2n) is 12.8. The zero-order valence-corrected chi connectivity index (χ0v) is 26.1. The molecule has 4 rings (SSSR count). The smallest absolute Gasteiger partial charge is 0.209 e. The molecule has 2 aromatic rings. The van der Waals surface area contributed by atoms with Gasteiger partial charge in [0.25, 0.3) is 0 Å². The van der Waals surface area contributed by atoms with E-state index in [0.717, 1.165) is 32.4 Å². The maximum atomic E-state index is 12.0. The van der Waals surface area contributed by atoms with E-state index >= 15 is 0 Å². The van der Waals surface area contributed by atoms with Crippen LogP contribution in [0, 0.1) is 12.8 Å². The van der Waals surface area contributed by atoms with Crippen LogP contribution in [0.25, 0.3) is 0 Å². The van der Waals surface area contributed by atoms with Crippen molar-refractivity contribution >= 4 is 22.9 Å². The lowest BCUT2D eigenvalue weighted by molar-refractivity contribution is -0.438. The Bertz CT molecular complexity index is 1370. The van der Waals surface area contributed by atoms with Gasteiger partial charge in [0.05, 0.1) is 5.41 Å². The number of benzene rings is 2. The van der Waals surface area contributed by atoms with Gasteiger partial charge in [-0.25, -0.2) is 0 Å². The molecular formula is C37H49N2O+. The SMILES string of the molecule is CCN1C(=CC=CC=CC2=[N+](CCCCCC(=O)C(C)C)c3ccccc3C2(C)C)C(C)(C)c2cc(C)ccc21. The first-order valence-electron chi connectivity index (χ1n) is 15.2. The van der Waals surface area contributed by atoms with Gasteiger partial charge in [0.2, 0.25) is 5.69 Å². The number of likely N-dealkylation sites (N-methyl/N-ethyl adjacent to an activating group) is 1. The molecular weight excluding hydrogens is 488 g/mol. The summed E-state index contributed by atoms with van der Waals surface area (Å²) >= 11 is 0. The first-order chi connectivity index (χ1) is 19.0. The summed E-state index contributed by atoms with van der Waals surface area (Å²) in [5.41, 5.74) is 9.36. The van der Waals surface area contributed by atoms with E-state index in [1.165, 1.54) is 39.5 Å². The van der Waals surface area contributed by atoms with Crippen molar-refractivity contribution in [2.75, 3.05) is 18.0 Å². The molecule has 0 bridgehead atoms. The Hall–Kier alpha value is -3.20. The average Bonchev–Trinajstić information content (AvgIpc) is 3.26. The molecule has 212 valence electrons. The minimum atomic E-state index is -0.0566. The molecule has 0 fully saturated rings. The second-order valence-corrected chi connectivity index (χ2v) is 12.8. The van der Waals surface area contributed by atoms with Crippen molar-refractivity contribution in [3.63, 3.8) is 0 Å². The van der Waals surface area contributed by atoms with E-state index in [1.54, 1.807) is 0 Å². The molecule has 2 heterocycles. The van der Waals surface area contributed by atoms with E-state index in [9.17, 15) is 4.79 Å². The maximum Gasteiger partial charge on any atom is 0.209 e. The monoisotopic (exact) mass is 537 g/mol. The van der Waals surface area contributed by atoms with Crippen molar-refractivity contribution < 1.29 is 9.37 Å². The number of rotatable bonds is 11. The van der Waals surface area contributed by atoms with Gasteiger partial charge in [-0.3, -0.25) is 4.79 Å². The number of nitrogens with zero attached hydrogens (tertiary/aromatic N) is 2. The fraction of sp³-hybridized carbons (Fsp3) is 0.459. The fourth-order valence-electron chi connectivity index (χ4n) is 6.40. The average molecular weight is 538 g/mol. The first kappa shape index (κ1) is 29.8. The minimum absolute atomic E-state index is 0.0220. The van der Waals surface area contributed by atoms with Crippen LogP contribution in [0.15, 0.2) is 78.5 Å². The van der Waals surface area contributed by atoms with E-state index in [2.05, 4.69) is 124 Å². The Labute approximate surface area is 243 Å². The largest absolute Gasteiger partial charge is 0.344 e. The van der Waals surface area contributed by atoms with Crippen LogP contribution in [0.5, 0.6) is 0 Å². The molecule has 2 aliphatic rings.